The summed E-state index contributed by atoms with van der Waals surface area (Å²) in [5.41, 5.74) is 2.94. The number of aliphatic hydroxyl groups is 2. The van der Waals surface area contributed by atoms with Gasteiger partial charge in [-0.3, -0.25) is 4.79 Å². The molecule has 0 bridgehead atoms. The van der Waals surface area contributed by atoms with E-state index >= 15 is 0 Å². The van der Waals surface area contributed by atoms with Crippen LogP contribution >= 0.6 is 0 Å². The molecule has 0 aromatic heterocycles. The second-order valence-electron chi connectivity index (χ2n) is 10.6. The Morgan fingerprint density at radius 1 is 0.949 bits per heavy atom. The summed E-state index contributed by atoms with van der Waals surface area (Å²) >= 11 is 0. The summed E-state index contributed by atoms with van der Waals surface area (Å²) in [7, 11) is -3.98. The van der Waals surface area contributed by atoms with Crippen LogP contribution in [0.5, 0.6) is 11.5 Å². The van der Waals surface area contributed by atoms with Gasteiger partial charge in [-0.25, -0.2) is 13.1 Å². The van der Waals surface area contributed by atoms with Crippen LogP contribution in [-0.2, 0) is 20.2 Å². The van der Waals surface area contributed by atoms with Gasteiger partial charge in [0.05, 0.1) is 29.1 Å². The van der Waals surface area contributed by atoms with Crippen LogP contribution in [0.1, 0.15) is 40.7 Å². The number of carbonyl (C=O) groups excluding carboxylic acids is 1. The first-order chi connectivity index (χ1) is 18.5. The number of aliphatic hydroxyl groups excluding tert-OH is 2. The van der Waals surface area contributed by atoms with Gasteiger partial charge in [0.1, 0.15) is 0 Å². The van der Waals surface area contributed by atoms with Crippen LogP contribution < -0.4 is 19.5 Å². The molecule has 1 amide bonds. The fourth-order valence-electron chi connectivity index (χ4n) is 4.81. The lowest BCUT2D eigenvalue weighted by Gasteiger charge is -2.26. The molecule has 1 heterocycles. The summed E-state index contributed by atoms with van der Waals surface area (Å²) in [6.45, 7) is 4.27. The smallest absolute Gasteiger partial charge is 0.241 e. The minimum Gasteiger partial charge on any atom is -0.454 e. The first-order valence-electron chi connectivity index (χ1n) is 12.7. The molecule has 0 atom stereocenters. The summed E-state index contributed by atoms with van der Waals surface area (Å²) < 4.78 is 39.0. The van der Waals surface area contributed by atoms with Crippen molar-refractivity contribution in [2.75, 3.05) is 25.3 Å². The second-order valence-corrected chi connectivity index (χ2v) is 12.3. The quantitative estimate of drug-likeness (QED) is 0.310. The lowest BCUT2D eigenvalue weighted by Crippen LogP contribution is -2.51. The van der Waals surface area contributed by atoms with E-state index in [1.165, 1.54) is 13.0 Å². The molecule has 0 radical (unpaired) electrons. The molecule has 3 aromatic carbocycles. The first kappa shape index (κ1) is 27.1. The summed E-state index contributed by atoms with van der Waals surface area (Å²) in [6.07, 6.45) is 1.48. The highest BCUT2D eigenvalue weighted by atomic mass is 32.2. The molecule has 0 spiro atoms. The largest absolute Gasteiger partial charge is 0.454 e. The number of fused-ring (bicyclic) bond motifs is 1. The predicted octanol–water partition coefficient (Wildman–Crippen LogP) is 4.13. The Balaban J connectivity index is 0.00000205. The van der Waals surface area contributed by atoms with Crippen molar-refractivity contribution in [3.8, 4) is 22.6 Å². The SMILES string of the molecule is Cc1cc(S(=O)(=O)NC(C)(CO)CO)ccc1-c1cc(NC(=O)C2(c3ccc4c(c3)OCO4)CC2)ccc1C.[HH].[HH].[HH]. The fourth-order valence-corrected chi connectivity index (χ4v) is 6.28. The van der Waals surface area contributed by atoms with E-state index in [0.717, 1.165) is 40.7 Å². The zero-order valence-corrected chi connectivity index (χ0v) is 22.9. The minimum absolute atomic E-state index is 0. The highest BCUT2D eigenvalue weighted by molar-refractivity contribution is 7.89. The Bertz CT molecular complexity index is 1560. The maximum Gasteiger partial charge on any atom is 0.241 e. The van der Waals surface area contributed by atoms with Crippen LogP contribution in [0.2, 0.25) is 0 Å². The number of ether oxygens (including phenoxy) is 2. The third-order valence-corrected chi connectivity index (χ3v) is 9.12. The maximum atomic E-state index is 13.4. The number of rotatable bonds is 9. The molecule has 1 fully saturated rings. The number of sulfonamides is 1. The van der Waals surface area contributed by atoms with Crippen molar-refractivity contribution in [3.05, 3.63) is 71.3 Å². The summed E-state index contributed by atoms with van der Waals surface area (Å²) in [6, 6.07) is 16.1. The maximum absolute atomic E-state index is 13.4. The van der Waals surface area contributed by atoms with E-state index in [2.05, 4.69) is 10.0 Å². The molecular formula is C29H38N2O7S. The van der Waals surface area contributed by atoms with Gasteiger partial charge >= 0.3 is 0 Å². The summed E-state index contributed by atoms with van der Waals surface area (Å²) in [5, 5.41) is 22.1. The van der Waals surface area contributed by atoms with Crippen molar-refractivity contribution in [2.45, 2.75) is 49.5 Å². The van der Waals surface area contributed by atoms with Gasteiger partial charge in [0.2, 0.25) is 22.7 Å². The molecule has 1 aliphatic carbocycles. The molecule has 0 unspecified atom stereocenters. The lowest BCUT2D eigenvalue weighted by molar-refractivity contribution is -0.118. The third-order valence-electron chi connectivity index (χ3n) is 7.48. The van der Waals surface area contributed by atoms with Crippen LogP contribution in [0.4, 0.5) is 5.69 Å². The molecule has 2 aliphatic rings. The molecule has 9 nitrogen and oxygen atoms in total. The van der Waals surface area contributed by atoms with Gasteiger partial charge in [0.25, 0.3) is 0 Å². The molecule has 4 N–H and O–H groups in total. The molecule has 10 heteroatoms. The van der Waals surface area contributed by atoms with E-state index in [1.807, 2.05) is 50.2 Å². The summed E-state index contributed by atoms with van der Waals surface area (Å²) in [4.78, 5) is 13.4. The number of carbonyl (C=O) groups is 1. The molecule has 39 heavy (non-hydrogen) atoms. The predicted molar refractivity (Wildman–Crippen MR) is 153 cm³/mol. The van der Waals surface area contributed by atoms with Crippen molar-refractivity contribution >= 4 is 21.6 Å². The van der Waals surface area contributed by atoms with Crippen LogP contribution in [-0.4, -0.2) is 50.1 Å². The second kappa shape index (κ2) is 9.95. The van der Waals surface area contributed by atoms with Gasteiger partial charge in [-0.1, -0.05) is 18.2 Å². The van der Waals surface area contributed by atoms with Crippen LogP contribution in [0.25, 0.3) is 11.1 Å². The van der Waals surface area contributed by atoms with Gasteiger partial charge in [0.15, 0.2) is 11.5 Å². The van der Waals surface area contributed by atoms with Gasteiger partial charge in [-0.15, -0.1) is 0 Å². The average molecular weight is 559 g/mol. The number of aryl methyl sites for hydroxylation is 2. The van der Waals surface area contributed by atoms with Gasteiger partial charge in [-0.2, -0.15) is 0 Å². The normalized spacial score (nSPS) is 15.7. The Morgan fingerprint density at radius 3 is 2.33 bits per heavy atom. The number of hydrogen-bond donors (Lipinski definition) is 4. The zero-order valence-electron chi connectivity index (χ0n) is 22.1. The van der Waals surface area contributed by atoms with E-state index in [0.29, 0.717) is 17.2 Å². The Labute approximate surface area is 232 Å². The van der Waals surface area contributed by atoms with Crippen molar-refractivity contribution in [1.29, 1.82) is 0 Å². The molecule has 212 valence electrons. The van der Waals surface area contributed by atoms with Crippen LogP contribution in [0.15, 0.2) is 59.5 Å². The van der Waals surface area contributed by atoms with Crippen molar-refractivity contribution in [1.82, 2.24) is 4.72 Å². The van der Waals surface area contributed by atoms with Crippen LogP contribution in [0.3, 0.4) is 0 Å². The summed E-state index contributed by atoms with van der Waals surface area (Å²) in [5.74, 6) is 1.24. The minimum atomic E-state index is -3.98. The number of anilines is 1. The van der Waals surface area contributed by atoms with E-state index in [1.54, 1.807) is 12.1 Å². The lowest BCUT2D eigenvalue weighted by atomic mass is 9.93. The average Bonchev–Trinajstić information content (AvgIpc) is 3.60. The fraction of sp³-hybridized carbons (Fsp3) is 0.345. The van der Waals surface area contributed by atoms with E-state index in [9.17, 15) is 23.4 Å². The van der Waals surface area contributed by atoms with Crippen LogP contribution in [0, 0.1) is 13.8 Å². The third kappa shape index (κ3) is 5.12. The Morgan fingerprint density at radius 2 is 1.67 bits per heavy atom. The number of benzene rings is 3. The highest BCUT2D eigenvalue weighted by Crippen LogP contribution is 2.51. The van der Waals surface area contributed by atoms with E-state index in [4.69, 9.17) is 9.47 Å². The standard InChI is InChI=1S/C29H32N2O7S.3H2/c1-18-4-6-21(30-27(34)29(10-11-29)20-5-9-25-26(13-20)38-17-37-25)14-24(18)23-8-7-22(12-19(23)2)39(35,36)31-28(3,15-32)16-33;;;/h4-9,12-14,31-33H,10-11,15-17H2,1-3H3,(H,30,34);3*1H. The van der Waals surface area contributed by atoms with E-state index in [-0.39, 0.29) is 21.9 Å². The topological polar surface area (TPSA) is 134 Å². The Kier molecular flexibility index (Phi) is 6.92. The molecule has 3 aromatic rings. The zero-order chi connectivity index (χ0) is 28.0. The first-order valence-corrected chi connectivity index (χ1v) is 14.2. The Hall–Kier alpha value is -3.44. The molecule has 1 saturated carbocycles. The number of nitrogens with one attached hydrogen (secondary N) is 2. The number of amides is 1. The molecule has 5 rings (SSSR count). The van der Waals surface area contributed by atoms with Gasteiger partial charge in [0, 0.05) is 9.97 Å². The molecule has 1 aliphatic heterocycles. The molecule has 0 saturated heterocycles. The van der Waals surface area contributed by atoms with Gasteiger partial charge in [-0.05, 0) is 97.8 Å². The van der Waals surface area contributed by atoms with Crippen molar-refractivity contribution in [2.24, 2.45) is 0 Å². The molecular weight excluding hydrogens is 520 g/mol. The number of hydrogen-bond acceptors (Lipinski definition) is 7. The monoisotopic (exact) mass is 558 g/mol. The highest BCUT2D eigenvalue weighted by Gasteiger charge is 2.51. The van der Waals surface area contributed by atoms with Crippen molar-refractivity contribution < 1.29 is 37.2 Å². The van der Waals surface area contributed by atoms with E-state index < -0.39 is 34.2 Å². The van der Waals surface area contributed by atoms with Crippen molar-refractivity contribution in [3.63, 3.8) is 0 Å². The van der Waals surface area contributed by atoms with Gasteiger partial charge < -0.3 is 25.0 Å².